The molecule has 2 unspecified atom stereocenters. The van der Waals surface area contributed by atoms with E-state index >= 15 is 0 Å². The van der Waals surface area contributed by atoms with Gasteiger partial charge in [0.1, 0.15) is 0 Å². The molecule has 2 heterocycles. The van der Waals surface area contributed by atoms with E-state index in [4.69, 9.17) is 4.74 Å². The van der Waals surface area contributed by atoms with Crippen LogP contribution < -0.4 is 5.32 Å². The Bertz CT molecular complexity index is 422. The van der Waals surface area contributed by atoms with Gasteiger partial charge in [0, 0.05) is 22.8 Å². The molecule has 0 amide bonds. The standard InChI is InChI=1S/C16H28N2OS/c1-6-18-9-10-19-12(11-17-5)15(18)13-7-8-14(20-13)16(2,3)4/h7-8,12,15,17H,6,9-11H2,1-5H3. The maximum absolute atomic E-state index is 6.01. The first-order valence-electron chi connectivity index (χ1n) is 7.57. The van der Waals surface area contributed by atoms with Gasteiger partial charge in [-0.2, -0.15) is 0 Å². The molecular formula is C16H28N2OS. The van der Waals surface area contributed by atoms with Gasteiger partial charge in [-0.3, -0.25) is 4.90 Å². The summed E-state index contributed by atoms with van der Waals surface area (Å²) in [5.74, 6) is 0. The van der Waals surface area contributed by atoms with E-state index in [0.29, 0.717) is 6.04 Å². The van der Waals surface area contributed by atoms with Crippen molar-refractivity contribution in [3.05, 3.63) is 21.9 Å². The lowest BCUT2D eigenvalue weighted by molar-refractivity contribution is -0.0675. The molecular weight excluding hydrogens is 268 g/mol. The van der Waals surface area contributed by atoms with E-state index in [1.165, 1.54) is 9.75 Å². The van der Waals surface area contributed by atoms with Crippen LogP contribution in [-0.2, 0) is 10.2 Å². The summed E-state index contributed by atoms with van der Waals surface area (Å²) in [6, 6.07) is 4.98. The van der Waals surface area contributed by atoms with Crippen LogP contribution in [0.2, 0.25) is 0 Å². The smallest absolute Gasteiger partial charge is 0.0904 e. The number of rotatable bonds is 4. The van der Waals surface area contributed by atoms with E-state index in [1.54, 1.807) is 0 Å². The second kappa shape index (κ2) is 6.56. The van der Waals surface area contributed by atoms with Crippen molar-refractivity contribution in [2.24, 2.45) is 0 Å². The quantitative estimate of drug-likeness (QED) is 0.924. The van der Waals surface area contributed by atoms with Gasteiger partial charge in [-0.25, -0.2) is 0 Å². The Balaban J connectivity index is 2.26. The molecule has 1 N–H and O–H groups in total. The highest BCUT2D eigenvalue weighted by Gasteiger charge is 2.34. The third-order valence-electron chi connectivity index (χ3n) is 3.92. The third kappa shape index (κ3) is 3.42. The van der Waals surface area contributed by atoms with Gasteiger partial charge in [0.15, 0.2) is 0 Å². The summed E-state index contributed by atoms with van der Waals surface area (Å²) in [7, 11) is 2.00. The number of thiophene rings is 1. The van der Waals surface area contributed by atoms with Crippen molar-refractivity contribution in [1.29, 1.82) is 0 Å². The van der Waals surface area contributed by atoms with E-state index in [2.05, 4.69) is 50.0 Å². The molecule has 0 spiro atoms. The van der Waals surface area contributed by atoms with Gasteiger partial charge in [0.25, 0.3) is 0 Å². The number of ether oxygens (including phenoxy) is 1. The molecule has 1 saturated heterocycles. The summed E-state index contributed by atoms with van der Waals surface area (Å²) in [5, 5.41) is 3.27. The maximum Gasteiger partial charge on any atom is 0.0904 e. The molecule has 1 fully saturated rings. The zero-order valence-electron chi connectivity index (χ0n) is 13.4. The largest absolute Gasteiger partial charge is 0.374 e. The summed E-state index contributed by atoms with van der Waals surface area (Å²) in [6.07, 6.45) is 0.250. The number of morpholine rings is 1. The zero-order valence-corrected chi connectivity index (χ0v) is 14.2. The first kappa shape index (κ1) is 16.0. The van der Waals surface area contributed by atoms with Crippen molar-refractivity contribution in [1.82, 2.24) is 10.2 Å². The Morgan fingerprint density at radius 2 is 2.15 bits per heavy atom. The normalized spacial score (nSPS) is 25.1. The summed E-state index contributed by atoms with van der Waals surface area (Å²) < 4.78 is 6.01. The van der Waals surface area contributed by atoms with Crippen LogP contribution in [0.15, 0.2) is 12.1 Å². The van der Waals surface area contributed by atoms with E-state index < -0.39 is 0 Å². The van der Waals surface area contributed by atoms with Gasteiger partial charge < -0.3 is 10.1 Å². The highest BCUT2D eigenvalue weighted by Crippen LogP contribution is 2.37. The molecule has 3 nitrogen and oxygen atoms in total. The van der Waals surface area contributed by atoms with Crippen molar-refractivity contribution < 1.29 is 4.74 Å². The monoisotopic (exact) mass is 296 g/mol. The van der Waals surface area contributed by atoms with Crippen LogP contribution in [0.3, 0.4) is 0 Å². The van der Waals surface area contributed by atoms with Crippen LogP contribution in [0.25, 0.3) is 0 Å². The Hall–Kier alpha value is -0.420. The number of nitrogens with one attached hydrogen (secondary N) is 1. The molecule has 0 aliphatic carbocycles. The number of nitrogens with zero attached hydrogens (tertiary/aromatic N) is 1. The SMILES string of the molecule is CCN1CCOC(CNC)C1c1ccc(C(C)(C)C)s1. The Kier molecular flexibility index (Phi) is 5.24. The lowest BCUT2D eigenvalue weighted by Crippen LogP contribution is -2.48. The molecule has 4 heteroatoms. The van der Waals surface area contributed by atoms with Gasteiger partial charge in [-0.05, 0) is 31.1 Å². The summed E-state index contributed by atoms with van der Waals surface area (Å²) in [5.41, 5.74) is 0.230. The third-order valence-corrected chi connectivity index (χ3v) is 5.51. The minimum atomic E-state index is 0.230. The van der Waals surface area contributed by atoms with E-state index in [1.807, 2.05) is 18.4 Å². The summed E-state index contributed by atoms with van der Waals surface area (Å²) in [4.78, 5) is 5.44. The van der Waals surface area contributed by atoms with Gasteiger partial charge >= 0.3 is 0 Å². The molecule has 2 rings (SSSR count). The van der Waals surface area contributed by atoms with Crippen LogP contribution in [-0.4, -0.2) is 44.3 Å². The molecule has 20 heavy (non-hydrogen) atoms. The Morgan fingerprint density at radius 3 is 2.70 bits per heavy atom. The van der Waals surface area contributed by atoms with Gasteiger partial charge in [0.2, 0.25) is 0 Å². The first-order chi connectivity index (χ1) is 9.47. The predicted molar refractivity (Wildman–Crippen MR) is 86.7 cm³/mol. The van der Waals surface area contributed by atoms with Crippen LogP contribution >= 0.6 is 11.3 Å². The van der Waals surface area contributed by atoms with E-state index in [0.717, 1.165) is 26.2 Å². The van der Waals surface area contributed by atoms with Gasteiger partial charge in [0.05, 0.1) is 18.8 Å². The maximum atomic E-state index is 6.01. The first-order valence-corrected chi connectivity index (χ1v) is 8.39. The fourth-order valence-electron chi connectivity index (χ4n) is 2.79. The fraction of sp³-hybridized carbons (Fsp3) is 0.750. The Labute approximate surface area is 127 Å². The molecule has 1 aromatic heterocycles. The second-order valence-electron chi connectivity index (χ2n) is 6.49. The number of likely N-dealkylation sites (N-methyl/N-ethyl adjacent to an activating group) is 2. The van der Waals surface area contributed by atoms with Crippen molar-refractivity contribution in [3.8, 4) is 0 Å². The van der Waals surface area contributed by atoms with Crippen LogP contribution in [0.1, 0.15) is 43.5 Å². The van der Waals surface area contributed by atoms with E-state index in [9.17, 15) is 0 Å². The van der Waals surface area contributed by atoms with Gasteiger partial charge in [-0.15, -0.1) is 11.3 Å². The van der Waals surface area contributed by atoms with Crippen LogP contribution in [0.5, 0.6) is 0 Å². The molecule has 0 saturated carbocycles. The highest BCUT2D eigenvalue weighted by molar-refractivity contribution is 7.12. The molecule has 0 aromatic carbocycles. The second-order valence-corrected chi connectivity index (χ2v) is 7.61. The molecule has 1 aromatic rings. The molecule has 1 aliphatic heterocycles. The Morgan fingerprint density at radius 1 is 1.40 bits per heavy atom. The lowest BCUT2D eigenvalue weighted by atomic mass is 9.95. The zero-order chi connectivity index (χ0) is 14.8. The van der Waals surface area contributed by atoms with E-state index in [-0.39, 0.29) is 11.5 Å². The van der Waals surface area contributed by atoms with Crippen molar-refractivity contribution in [3.63, 3.8) is 0 Å². The molecule has 0 bridgehead atoms. The lowest BCUT2D eigenvalue weighted by Gasteiger charge is -2.40. The topological polar surface area (TPSA) is 24.5 Å². The number of hydrogen-bond donors (Lipinski definition) is 1. The minimum Gasteiger partial charge on any atom is -0.374 e. The average molecular weight is 296 g/mol. The summed E-state index contributed by atoms with van der Waals surface area (Å²) in [6.45, 7) is 12.9. The highest BCUT2D eigenvalue weighted by atomic mass is 32.1. The van der Waals surface area contributed by atoms with Crippen molar-refractivity contribution in [2.75, 3.05) is 33.3 Å². The molecule has 0 radical (unpaired) electrons. The molecule has 1 aliphatic rings. The average Bonchev–Trinajstić information content (AvgIpc) is 2.88. The van der Waals surface area contributed by atoms with Crippen LogP contribution in [0, 0.1) is 0 Å². The van der Waals surface area contributed by atoms with Gasteiger partial charge in [-0.1, -0.05) is 27.7 Å². The molecule has 114 valence electrons. The van der Waals surface area contributed by atoms with Crippen molar-refractivity contribution in [2.45, 2.75) is 45.3 Å². The predicted octanol–water partition coefficient (Wildman–Crippen LogP) is 3.03. The van der Waals surface area contributed by atoms with Crippen LogP contribution in [0.4, 0.5) is 0 Å². The molecule has 2 atom stereocenters. The van der Waals surface area contributed by atoms with Crippen molar-refractivity contribution >= 4 is 11.3 Å². The summed E-state index contributed by atoms with van der Waals surface area (Å²) >= 11 is 1.95. The fourth-order valence-corrected chi connectivity index (χ4v) is 4.05. The minimum absolute atomic E-state index is 0.230. The number of hydrogen-bond acceptors (Lipinski definition) is 4.